The van der Waals surface area contributed by atoms with Crippen LogP contribution in [0.1, 0.15) is 20.8 Å². The minimum atomic E-state index is -0.984. The third kappa shape index (κ3) is 3.96. The molecule has 1 amide bonds. The number of rotatable bonds is 4. The van der Waals surface area contributed by atoms with Gasteiger partial charge in [-0.1, -0.05) is 0 Å². The summed E-state index contributed by atoms with van der Waals surface area (Å²) in [6, 6.07) is -0.832. The van der Waals surface area contributed by atoms with Crippen LogP contribution in [-0.4, -0.2) is 71.6 Å². The van der Waals surface area contributed by atoms with Gasteiger partial charge < -0.3 is 10.4 Å². The van der Waals surface area contributed by atoms with Crippen LogP contribution in [0.25, 0.3) is 0 Å². The quantitative estimate of drug-likeness (QED) is 0.717. The van der Waals surface area contributed by atoms with E-state index in [0.29, 0.717) is 6.54 Å². The van der Waals surface area contributed by atoms with Gasteiger partial charge in [0.15, 0.2) is 0 Å². The standard InChI is InChI=1S/C12H23N3O3/c1-9(16)13-10(11(17)18)7-15-6-5-14(4)12(2,3)8-15/h10H,5-8H2,1-4H3,(H,13,16)(H,17,18). The van der Waals surface area contributed by atoms with Crippen LogP contribution in [0.2, 0.25) is 0 Å². The fourth-order valence-electron chi connectivity index (χ4n) is 2.19. The number of carbonyl (C=O) groups is 2. The first-order valence-corrected chi connectivity index (χ1v) is 6.16. The van der Waals surface area contributed by atoms with Crippen LogP contribution in [0, 0.1) is 0 Å². The van der Waals surface area contributed by atoms with Crippen LogP contribution in [0.15, 0.2) is 0 Å². The highest BCUT2D eigenvalue weighted by Crippen LogP contribution is 2.18. The molecule has 1 heterocycles. The Morgan fingerprint density at radius 2 is 2.00 bits per heavy atom. The molecule has 1 aliphatic heterocycles. The number of aliphatic carboxylic acids is 1. The number of carboxylic acids is 1. The Bertz CT molecular complexity index is 331. The number of piperazine rings is 1. The van der Waals surface area contributed by atoms with Crippen molar-refractivity contribution in [1.29, 1.82) is 0 Å². The van der Waals surface area contributed by atoms with E-state index in [0.717, 1.165) is 19.6 Å². The van der Waals surface area contributed by atoms with Crippen molar-refractivity contribution < 1.29 is 14.7 Å². The Hall–Kier alpha value is -1.14. The number of hydrogen-bond acceptors (Lipinski definition) is 4. The Morgan fingerprint density at radius 1 is 1.39 bits per heavy atom. The van der Waals surface area contributed by atoms with Crippen LogP contribution in [0.4, 0.5) is 0 Å². The fourth-order valence-corrected chi connectivity index (χ4v) is 2.19. The second-order valence-electron chi connectivity index (χ2n) is 5.56. The molecule has 0 aromatic carbocycles. The van der Waals surface area contributed by atoms with Crippen molar-refractivity contribution in [2.45, 2.75) is 32.4 Å². The van der Waals surface area contributed by atoms with Gasteiger partial charge in [0.05, 0.1) is 0 Å². The molecular weight excluding hydrogens is 234 g/mol. The van der Waals surface area contributed by atoms with Gasteiger partial charge in [0, 0.05) is 38.6 Å². The van der Waals surface area contributed by atoms with Gasteiger partial charge in [0.25, 0.3) is 0 Å². The molecule has 2 N–H and O–H groups in total. The highest BCUT2D eigenvalue weighted by atomic mass is 16.4. The van der Waals surface area contributed by atoms with E-state index in [2.05, 4.69) is 36.0 Å². The largest absolute Gasteiger partial charge is 0.480 e. The first-order chi connectivity index (χ1) is 8.22. The lowest BCUT2D eigenvalue weighted by atomic mass is 9.99. The molecule has 6 nitrogen and oxygen atoms in total. The van der Waals surface area contributed by atoms with Crippen molar-refractivity contribution in [3.8, 4) is 0 Å². The number of likely N-dealkylation sites (N-methyl/N-ethyl adjacent to an activating group) is 1. The monoisotopic (exact) mass is 257 g/mol. The first-order valence-electron chi connectivity index (χ1n) is 6.16. The number of carbonyl (C=O) groups excluding carboxylic acids is 1. The Balaban J connectivity index is 2.60. The van der Waals surface area contributed by atoms with Crippen molar-refractivity contribution in [3.05, 3.63) is 0 Å². The molecule has 1 rings (SSSR count). The summed E-state index contributed by atoms with van der Waals surface area (Å²) >= 11 is 0. The smallest absolute Gasteiger partial charge is 0.327 e. The van der Waals surface area contributed by atoms with E-state index in [1.54, 1.807) is 0 Å². The van der Waals surface area contributed by atoms with Gasteiger partial charge in [0.2, 0.25) is 5.91 Å². The summed E-state index contributed by atoms with van der Waals surface area (Å²) in [5.74, 6) is -1.29. The molecule has 0 aromatic heterocycles. The molecule has 18 heavy (non-hydrogen) atoms. The predicted octanol–water partition coefficient (Wildman–Crippen LogP) is -0.398. The molecule has 0 saturated carbocycles. The van der Waals surface area contributed by atoms with Crippen LogP contribution in [-0.2, 0) is 9.59 Å². The highest BCUT2D eigenvalue weighted by Gasteiger charge is 2.33. The number of amides is 1. The summed E-state index contributed by atoms with van der Waals surface area (Å²) in [4.78, 5) is 26.4. The summed E-state index contributed by atoms with van der Waals surface area (Å²) in [5, 5.41) is 11.6. The molecule has 6 heteroatoms. The minimum absolute atomic E-state index is 0.0253. The lowest BCUT2D eigenvalue weighted by Gasteiger charge is -2.45. The average molecular weight is 257 g/mol. The second-order valence-corrected chi connectivity index (χ2v) is 5.56. The van der Waals surface area contributed by atoms with E-state index in [-0.39, 0.29) is 11.4 Å². The van der Waals surface area contributed by atoms with E-state index < -0.39 is 12.0 Å². The maximum atomic E-state index is 11.1. The molecule has 1 aliphatic rings. The predicted molar refractivity (Wildman–Crippen MR) is 68.4 cm³/mol. The average Bonchev–Trinajstić information content (AvgIpc) is 2.21. The molecule has 1 atom stereocenters. The number of carboxylic acid groups (broad SMARTS) is 1. The van der Waals surface area contributed by atoms with Gasteiger partial charge in [-0.3, -0.25) is 14.6 Å². The lowest BCUT2D eigenvalue weighted by molar-refractivity contribution is -0.142. The zero-order chi connectivity index (χ0) is 13.9. The van der Waals surface area contributed by atoms with Gasteiger partial charge >= 0.3 is 5.97 Å². The molecule has 0 aliphatic carbocycles. The fraction of sp³-hybridized carbons (Fsp3) is 0.833. The third-order valence-electron chi connectivity index (χ3n) is 3.51. The van der Waals surface area contributed by atoms with Crippen molar-refractivity contribution in [2.24, 2.45) is 0 Å². The van der Waals surface area contributed by atoms with E-state index in [1.807, 2.05) is 0 Å². The van der Waals surface area contributed by atoms with E-state index in [9.17, 15) is 9.59 Å². The van der Waals surface area contributed by atoms with Gasteiger partial charge in [-0.15, -0.1) is 0 Å². The van der Waals surface area contributed by atoms with Gasteiger partial charge in [-0.05, 0) is 20.9 Å². The lowest BCUT2D eigenvalue weighted by Crippen LogP contribution is -2.60. The Morgan fingerprint density at radius 3 is 2.44 bits per heavy atom. The van der Waals surface area contributed by atoms with Gasteiger partial charge in [-0.2, -0.15) is 0 Å². The third-order valence-corrected chi connectivity index (χ3v) is 3.51. The Kier molecular flexibility index (Phi) is 4.70. The van der Waals surface area contributed by atoms with E-state index >= 15 is 0 Å². The van der Waals surface area contributed by atoms with Crippen molar-refractivity contribution in [2.75, 3.05) is 33.2 Å². The summed E-state index contributed by atoms with van der Waals surface area (Å²) in [7, 11) is 2.07. The topological polar surface area (TPSA) is 72.9 Å². The molecule has 1 fully saturated rings. The molecule has 0 radical (unpaired) electrons. The number of nitrogens with one attached hydrogen (secondary N) is 1. The molecule has 104 valence electrons. The SMILES string of the molecule is CC(=O)NC(CN1CCN(C)C(C)(C)C1)C(=O)O. The minimum Gasteiger partial charge on any atom is -0.480 e. The molecule has 1 saturated heterocycles. The normalized spacial score (nSPS) is 22.4. The van der Waals surface area contributed by atoms with Crippen molar-refractivity contribution in [3.63, 3.8) is 0 Å². The summed E-state index contributed by atoms with van der Waals surface area (Å²) in [5.41, 5.74) is 0.0253. The zero-order valence-corrected chi connectivity index (χ0v) is 11.6. The molecule has 0 bridgehead atoms. The summed E-state index contributed by atoms with van der Waals surface area (Å²) < 4.78 is 0. The molecular formula is C12H23N3O3. The van der Waals surface area contributed by atoms with Crippen molar-refractivity contribution >= 4 is 11.9 Å². The number of hydrogen-bond donors (Lipinski definition) is 2. The van der Waals surface area contributed by atoms with Crippen LogP contribution >= 0.6 is 0 Å². The molecule has 1 unspecified atom stereocenters. The van der Waals surface area contributed by atoms with Crippen molar-refractivity contribution in [1.82, 2.24) is 15.1 Å². The number of nitrogens with zero attached hydrogens (tertiary/aromatic N) is 2. The van der Waals surface area contributed by atoms with Crippen LogP contribution in [0.3, 0.4) is 0 Å². The zero-order valence-electron chi connectivity index (χ0n) is 11.6. The van der Waals surface area contributed by atoms with Crippen LogP contribution in [0.5, 0.6) is 0 Å². The van der Waals surface area contributed by atoms with Crippen LogP contribution < -0.4 is 5.32 Å². The van der Waals surface area contributed by atoms with Gasteiger partial charge in [-0.25, -0.2) is 4.79 Å². The Labute approximate surface area is 108 Å². The maximum absolute atomic E-state index is 11.1. The maximum Gasteiger partial charge on any atom is 0.327 e. The highest BCUT2D eigenvalue weighted by molar-refractivity contribution is 5.82. The van der Waals surface area contributed by atoms with E-state index in [4.69, 9.17) is 5.11 Å². The first kappa shape index (κ1) is 14.9. The molecule has 0 aromatic rings. The van der Waals surface area contributed by atoms with Gasteiger partial charge in [0.1, 0.15) is 6.04 Å². The van der Waals surface area contributed by atoms with E-state index in [1.165, 1.54) is 6.92 Å². The summed E-state index contributed by atoms with van der Waals surface area (Å²) in [6.45, 7) is 8.48. The summed E-state index contributed by atoms with van der Waals surface area (Å²) in [6.07, 6.45) is 0. The second kappa shape index (κ2) is 5.67. The molecule has 0 spiro atoms.